The molecule has 1 aliphatic rings. The van der Waals surface area contributed by atoms with Gasteiger partial charge in [-0.05, 0) is 64.3 Å². The summed E-state index contributed by atoms with van der Waals surface area (Å²) >= 11 is 4.84. The summed E-state index contributed by atoms with van der Waals surface area (Å²) in [6.07, 6.45) is 0.728. The normalized spacial score (nSPS) is 17.0. The van der Waals surface area contributed by atoms with Crippen LogP contribution in [-0.4, -0.2) is 11.7 Å². The van der Waals surface area contributed by atoms with E-state index in [1.807, 2.05) is 0 Å². The second-order valence-electron chi connectivity index (χ2n) is 4.97. The molecule has 0 aliphatic carbocycles. The van der Waals surface area contributed by atoms with Crippen molar-refractivity contribution < 1.29 is 13.6 Å². The molecule has 3 rings (SSSR count). The number of rotatable bonds is 2. The van der Waals surface area contributed by atoms with Crippen LogP contribution in [0.15, 0.2) is 45.8 Å². The zero-order valence-electron chi connectivity index (χ0n) is 11.4. The Morgan fingerprint density at radius 1 is 1.18 bits per heavy atom. The van der Waals surface area contributed by atoms with Crippen LogP contribution in [0.25, 0.3) is 0 Å². The van der Waals surface area contributed by atoms with E-state index in [1.165, 1.54) is 30.3 Å². The molecular formula is C16H12BrF2NOS. The van der Waals surface area contributed by atoms with Crippen molar-refractivity contribution in [3.8, 4) is 0 Å². The lowest BCUT2D eigenvalue weighted by Crippen LogP contribution is -2.31. The smallest absolute Gasteiger partial charge is 0.252 e. The van der Waals surface area contributed by atoms with Gasteiger partial charge in [-0.15, -0.1) is 11.8 Å². The van der Waals surface area contributed by atoms with Gasteiger partial charge in [0.25, 0.3) is 5.91 Å². The minimum Gasteiger partial charge on any atom is -0.345 e. The molecule has 1 aliphatic heterocycles. The lowest BCUT2D eigenvalue weighted by Gasteiger charge is -2.26. The molecule has 1 atom stereocenters. The molecular weight excluding hydrogens is 372 g/mol. The van der Waals surface area contributed by atoms with Crippen LogP contribution in [0.1, 0.15) is 28.4 Å². The van der Waals surface area contributed by atoms with Gasteiger partial charge in [-0.25, -0.2) is 8.78 Å². The maximum Gasteiger partial charge on any atom is 0.252 e. The second kappa shape index (κ2) is 6.38. The highest BCUT2D eigenvalue weighted by Crippen LogP contribution is 2.36. The first-order valence-electron chi connectivity index (χ1n) is 6.73. The van der Waals surface area contributed by atoms with Gasteiger partial charge in [0.1, 0.15) is 11.6 Å². The maximum absolute atomic E-state index is 13.5. The first kappa shape index (κ1) is 15.5. The van der Waals surface area contributed by atoms with Gasteiger partial charge in [-0.3, -0.25) is 4.79 Å². The molecule has 0 saturated carbocycles. The van der Waals surface area contributed by atoms with Crippen molar-refractivity contribution >= 4 is 33.6 Å². The van der Waals surface area contributed by atoms with Crippen molar-refractivity contribution in [2.24, 2.45) is 0 Å². The Labute approximate surface area is 139 Å². The van der Waals surface area contributed by atoms with Crippen molar-refractivity contribution in [1.82, 2.24) is 5.32 Å². The molecule has 0 fully saturated rings. The van der Waals surface area contributed by atoms with Crippen molar-refractivity contribution in [1.29, 1.82) is 0 Å². The van der Waals surface area contributed by atoms with E-state index in [9.17, 15) is 13.6 Å². The minimum absolute atomic E-state index is 0.239. The van der Waals surface area contributed by atoms with E-state index < -0.39 is 5.82 Å². The highest BCUT2D eigenvalue weighted by Gasteiger charge is 2.24. The second-order valence-corrected chi connectivity index (χ2v) is 6.96. The lowest BCUT2D eigenvalue weighted by molar-refractivity contribution is 0.0934. The Kier molecular flexibility index (Phi) is 4.49. The molecule has 1 N–H and O–H groups in total. The molecule has 2 aromatic carbocycles. The van der Waals surface area contributed by atoms with Crippen LogP contribution in [0.2, 0.25) is 0 Å². The summed E-state index contributed by atoms with van der Waals surface area (Å²) in [6.45, 7) is 0. The molecule has 1 heterocycles. The van der Waals surface area contributed by atoms with Gasteiger partial charge in [0.15, 0.2) is 0 Å². The highest BCUT2D eigenvalue weighted by atomic mass is 79.9. The molecule has 0 bridgehead atoms. The van der Waals surface area contributed by atoms with E-state index in [0.29, 0.717) is 10.0 Å². The number of hydrogen-bond donors (Lipinski definition) is 1. The Morgan fingerprint density at radius 2 is 1.91 bits per heavy atom. The van der Waals surface area contributed by atoms with Crippen LogP contribution in [0.4, 0.5) is 8.78 Å². The van der Waals surface area contributed by atoms with E-state index in [1.54, 1.807) is 17.8 Å². The van der Waals surface area contributed by atoms with Crippen LogP contribution in [0.3, 0.4) is 0 Å². The molecule has 0 aromatic heterocycles. The van der Waals surface area contributed by atoms with Gasteiger partial charge < -0.3 is 5.32 Å². The first-order chi connectivity index (χ1) is 10.5. The summed E-state index contributed by atoms with van der Waals surface area (Å²) in [5.41, 5.74) is 1.15. The lowest BCUT2D eigenvalue weighted by atomic mass is 10.0. The van der Waals surface area contributed by atoms with Crippen molar-refractivity contribution in [3.63, 3.8) is 0 Å². The SMILES string of the molecule is O=C(NC1CCSc2ccc(F)cc21)c1ccc(F)cc1Br. The van der Waals surface area contributed by atoms with Gasteiger partial charge in [0, 0.05) is 15.1 Å². The van der Waals surface area contributed by atoms with E-state index >= 15 is 0 Å². The molecule has 22 heavy (non-hydrogen) atoms. The standard InChI is InChI=1S/C16H12BrF2NOS/c17-13-8-10(19)1-3-11(13)16(21)20-14-5-6-22-15-4-2-9(18)7-12(14)15/h1-4,7-8,14H,5-6H2,(H,20,21). The number of hydrogen-bond acceptors (Lipinski definition) is 2. The quantitative estimate of drug-likeness (QED) is 0.814. The monoisotopic (exact) mass is 383 g/mol. The predicted octanol–water partition coefficient (Wildman–Crippen LogP) is 4.69. The van der Waals surface area contributed by atoms with Gasteiger partial charge >= 0.3 is 0 Å². The number of amides is 1. The third kappa shape index (κ3) is 3.17. The van der Waals surface area contributed by atoms with Crippen LogP contribution in [0.5, 0.6) is 0 Å². The van der Waals surface area contributed by atoms with Crippen molar-refractivity contribution in [2.75, 3.05) is 5.75 Å². The molecule has 2 aromatic rings. The average Bonchev–Trinajstić information content (AvgIpc) is 2.47. The highest BCUT2D eigenvalue weighted by molar-refractivity contribution is 9.10. The van der Waals surface area contributed by atoms with E-state index in [2.05, 4.69) is 21.2 Å². The average molecular weight is 384 g/mol. The summed E-state index contributed by atoms with van der Waals surface area (Å²) < 4.78 is 27.0. The number of fused-ring (bicyclic) bond motifs is 1. The Balaban J connectivity index is 1.85. The third-order valence-corrected chi connectivity index (χ3v) is 5.27. The minimum atomic E-state index is -0.412. The number of halogens is 3. The number of carbonyl (C=O) groups excluding carboxylic acids is 1. The van der Waals surface area contributed by atoms with Gasteiger partial charge in [-0.2, -0.15) is 0 Å². The summed E-state index contributed by atoms with van der Waals surface area (Å²) in [7, 11) is 0. The summed E-state index contributed by atoms with van der Waals surface area (Å²) in [6, 6.07) is 8.30. The number of nitrogens with one attached hydrogen (secondary N) is 1. The zero-order chi connectivity index (χ0) is 15.7. The number of benzene rings is 2. The Morgan fingerprint density at radius 3 is 2.68 bits per heavy atom. The number of thioether (sulfide) groups is 1. The molecule has 0 saturated heterocycles. The largest absolute Gasteiger partial charge is 0.345 e. The molecule has 114 valence electrons. The molecule has 2 nitrogen and oxygen atoms in total. The van der Waals surface area contributed by atoms with E-state index in [4.69, 9.17) is 0 Å². The molecule has 1 unspecified atom stereocenters. The van der Waals surface area contributed by atoms with Gasteiger partial charge in [-0.1, -0.05) is 0 Å². The molecule has 0 spiro atoms. The van der Waals surface area contributed by atoms with Crippen LogP contribution >= 0.6 is 27.7 Å². The topological polar surface area (TPSA) is 29.1 Å². The third-order valence-electron chi connectivity index (χ3n) is 3.49. The summed E-state index contributed by atoms with van der Waals surface area (Å²) in [5.74, 6) is -0.180. The van der Waals surface area contributed by atoms with E-state index in [-0.39, 0.29) is 17.8 Å². The molecule has 0 radical (unpaired) electrons. The maximum atomic E-state index is 13.5. The Hall–Kier alpha value is -1.40. The van der Waals surface area contributed by atoms with Crippen LogP contribution < -0.4 is 5.32 Å². The zero-order valence-corrected chi connectivity index (χ0v) is 13.8. The fourth-order valence-corrected chi connectivity index (χ4v) is 4.06. The fraction of sp³-hybridized carbons (Fsp3) is 0.188. The Bertz CT molecular complexity index is 738. The summed E-state index contributed by atoms with van der Waals surface area (Å²) in [4.78, 5) is 13.4. The van der Waals surface area contributed by atoms with Crippen LogP contribution in [0, 0.1) is 11.6 Å². The first-order valence-corrected chi connectivity index (χ1v) is 8.50. The molecule has 1 amide bonds. The van der Waals surface area contributed by atoms with Crippen molar-refractivity contribution in [2.45, 2.75) is 17.4 Å². The number of carbonyl (C=O) groups is 1. The molecule has 6 heteroatoms. The summed E-state index contributed by atoms with van der Waals surface area (Å²) in [5, 5.41) is 2.91. The van der Waals surface area contributed by atoms with Crippen molar-refractivity contribution in [3.05, 3.63) is 63.6 Å². The predicted molar refractivity (Wildman–Crippen MR) is 86.0 cm³/mol. The van der Waals surface area contributed by atoms with E-state index in [0.717, 1.165) is 22.6 Å². The van der Waals surface area contributed by atoms with Crippen LogP contribution in [-0.2, 0) is 0 Å². The van der Waals surface area contributed by atoms with Gasteiger partial charge in [0.05, 0.1) is 11.6 Å². The van der Waals surface area contributed by atoms with Gasteiger partial charge in [0.2, 0.25) is 0 Å². The fourth-order valence-electron chi connectivity index (χ4n) is 2.42.